The first-order chi connectivity index (χ1) is 14.6. The van der Waals surface area contributed by atoms with Gasteiger partial charge in [0.15, 0.2) is 0 Å². The highest BCUT2D eigenvalue weighted by Crippen LogP contribution is 2.20. The maximum atomic E-state index is 12.9. The highest BCUT2D eigenvalue weighted by Gasteiger charge is 2.24. The van der Waals surface area contributed by atoms with Gasteiger partial charge in [-0.25, -0.2) is 0 Å². The van der Waals surface area contributed by atoms with Gasteiger partial charge in [-0.15, -0.1) is 10.2 Å². The minimum absolute atomic E-state index is 0.0564. The average molecular weight is 409 g/mol. The summed E-state index contributed by atoms with van der Waals surface area (Å²) in [5.41, 5.74) is 1.86. The summed E-state index contributed by atoms with van der Waals surface area (Å²) in [4.78, 5) is 21.7. The summed E-state index contributed by atoms with van der Waals surface area (Å²) in [6.07, 6.45) is 1.99. The summed E-state index contributed by atoms with van der Waals surface area (Å²) in [6.45, 7) is 9.48. The molecule has 4 rings (SSSR count). The molecule has 8 nitrogen and oxygen atoms in total. The first-order valence-corrected chi connectivity index (χ1v) is 10.6. The van der Waals surface area contributed by atoms with Crippen molar-refractivity contribution in [1.82, 2.24) is 24.5 Å². The van der Waals surface area contributed by atoms with E-state index in [9.17, 15) is 4.79 Å². The lowest BCUT2D eigenvalue weighted by molar-refractivity contribution is 0.0746. The molecule has 1 amide bonds. The molecular formula is C22H28N6O2. The lowest BCUT2D eigenvalue weighted by Gasteiger charge is -2.35. The molecule has 1 saturated heterocycles. The lowest BCUT2D eigenvalue weighted by atomic mass is 10.1. The van der Waals surface area contributed by atoms with E-state index >= 15 is 0 Å². The fraction of sp³-hybridized carbons (Fsp3) is 0.455. The van der Waals surface area contributed by atoms with Gasteiger partial charge < -0.3 is 14.5 Å². The molecule has 1 aromatic carbocycles. The molecule has 0 saturated carbocycles. The highest BCUT2D eigenvalue weighted by molar-refractivity contribution is 5.94. The van der Waals surface area contributed by atoms with E-state index in [-0.39, 0.29) is 5.91 Å². The number of carbonyl (C=O) groups excluding carboxylic acids is 1. The van der Waals surface area contributed by atoms with Crippen LogP contribution in [-0.4, -0.2) is 63.2 Å². The van der Waals surface area contributed by atoms with Crippen molar-refractivity contribution in [2.45, 2.75) is 33.6 Å². The number of anilines is 1. The molecular weight excluding hydrogens is 380 g/mol. The highest BCUT2D eigenvalue weighted by atomic mass is 16.5. The smallest absolute Gasteiger partial charge is 0.257 e. The lowest BCUT2D eigenvalue weighted by Crippen LogP contribution is -2.49. The Morgan fingerprint density at radius 1 is 1.07 bits per heavy atom. The van der Waals surface area contributed by atoms with Crippen molar-refractivity contribution >= 4 is 17.5 Å². The van der Waals surface area contributed by atoms with Gasteiger partial charge in [-0.05, 0) is 44.5 Å². The normalized spacial score (nSPS) is 14.4. The van der Waals surface area contributed by atoms with Crippen molar-refractivity contribution < 1.29 is 9.53 Å². The molecule has 0 atom stereocenters. The second-order valence-electron chi connectivity index (χ2n) is 7.47. The number of amides is 1. The van der Waals surface area contributed by atoms with E-state index in [0.717, 1.165) is 43.3 Å². The number of ether oxygens (including phenoxy) is 1. The molecule has 158 valence electrons. The topological polar surface area (TPSA) is 75.9 Å². The number of piperazine rings is 1. The molecule has 0 bridgehead atoms. The summed E-state index contributed by atoms with van der Waals surface area (Å²) < 4.78 is 7.48. The Bertz CT molecular complexity index is 1020. The van der Waals surface area contributed by atoms with Crippen molar-refractivity contribution in [3.05, 3.63) is 47.4 Å². The van der Waals surface area contributed by atoms with Gasteiger partial charge >= 0.3 is 0 Å². The van der Waals surface area contributed by atoms with E-state index in [1.165, 1.54) is 5.69 Å². The number of fused-ring (bicyclic) bond motifs is 1. The van der Waals surface area contributed by atoms with E-state index in [1.54, 1.807) is 0 Å². The van der Waals surface area contributed by atoms with Gasteiger partial charge in [-0.3, -0.25) is 9.20 Å². The van der Waals surface area contributed by atoms with Crippen LogP contribution in [0.25, 0.3) is 5.78 Å². The summed E-state index contributed by atoms with van der Waals surface area (Å²) >= 11 is 0. The SMILES string of the molecule is CCCc1cc(N2CCN(C(=O)c3ccc(OCC)cc3)CC2)nc2nnc(C)n12. The zero-order valence-corrected chi connectivity index (χ0v) is 17.8. The molecule has 3 aromatic rings. The van der Waals surface area contributed by atoms with Gasteiger partial charge in [0.25, 0.3) is 11.7 Å². The first-order valence-electron chi connectivity index (χ1n) is 10.6. The molecule has 0 spiro atoms. The van der Waals surface area contributed by atoms with E-state index in [0.29, 0.717) is 31.0 Å². The molecule has 30 heavy (non-hydrogen) atoms. The minimum Gasteiger partial charge on any atom is -0.494 e. The summed E-state index contributed by atoms with van der Waals surface area (Å²) in [5.74, 6) is 3.25. The first kappa shape index (κ1) is 20.1. The van der Waals surface area contributed by atoms with E-state index < -0.39 is 0 Å². The number of carbonyl (C=O) groups is 1. The largest absolute Gasteiger partial charge is 0.494 e. The summed E-state index contributed by atoms with van der Waals surface area (Å²) in [7, 11) is 0. The molecule has 1 aliphatic heterocycles. The molecule has 0 radical (unpaired) electrons. The Morgan fingerprint density at radius 2 is 1.80 bits per heavy atom. The Hall–Kier alpha value is -3.16. The monoisotopic (exact) mass is 408 g/mol. The standard InChI is InChI=1S/C22H28N6O2/c1-4-6-18-15-20(23-22-25-24-16(3)28(18)22)26-11-13-27(14-12-26)21(29)17-7-9-19(10-8-17)30-5-2/h7-10,15H,4-6,11-14H2,1-3H3. The van der Waals surface area contributed by atoms with Gasteiger partial charge in [-0.2, -0.15) is 4.98 Å². The fourth-order valence-electron chi connectivity index (χ4n) is 3.89. The van der Waals surface area contributed by atoms with Gasteiger partial charge in [0.1, 0.15) is 17.4 Å². The Kier molecular flexibility index (Phi) is 5.83. The molecule has 1 aliphatic rings. The van der Waals surface area contributed by atoms with Gasteiger partial charge in [0.05, 0.1) is 6.61 Å². The second kappa shape index (κ2) is 8.69. The maximum absolute atomic E-state index is 12.9. The third-order valence-electron chi connectivity index (χ3n) is 5.41. The van der Waals surface area contributed by atoms with Crippen LogP contribution in [0.2, 0.25) is 0 Å². The van der Waals surface area contributed by atoms with Crippen LogP contribution in [0.1, 0.15) is 42.1 Å². The van der Waals surface area contributed by atoms with Crippen molar-refractivity contribution in [3.63, 3.8) is 0 Å². The van der Waals surface area contributed by atoms with E-state index in [4.69, 9.17) is 9.72 Å². The second-order valence-corrected chi connectivity index (χ2v) is 7.47. The fourth-order valence-corrected chi connectivity index (χ4v) is 3.89. The number of nitrogens with zero attached hydrogens (tertiary/aromatic N) is 6. The zero-order chi connectivity index (χ0) is 21.1. The van der Waals surface area contributed by atoms with Crippen molar-refractivity contribution in [3.8, 4) is 5.75 Å². The number of aryl methyl sites for hydroxylation is 2. The van der Waals surface area contributed by atoms with Gasteiger partial charge in [0, 0.05) is 43.5 Å². The number of benzene rings is 1. The summed E-state index contributed by atoms with van der Waals surface area (Å²) in [6, 6.07) is 9.50. The Labute approximate surface area is 176 Å². The quantitative estimate of drug-likeness (QED) is 0.624. The van der Waals surface area contributed by atoms with Crippen molar-refractivity contribution in [2.24, 2.45) is 0 Å². The van der Waals surface area contributed by atoms with Crippen LogP contribution in [0.5, 0.6) is 5.75 Å². The number of hydrogen-bond donors (Lipinski definition) is 0. The van der Waals surface area contributed by atoms with Crippen LogP contribution in [0.3, 0.4) is 0 Å². The molecule has 0 aliphatic carbocycles. The Balaban J connectivity index is 1.46. The predicted octanol–water partition coefficient (Wildman–Crippen LogP) is 2.75. The summed E-state index contributed by atoms with van der Waals surface area (Å²) in [5, 5.41) is 8.40. The van der Waals surface area contributed by atoms with Gasteiger partial charge in [-0.1, -0.05) is 13.3 Å². The number of rotatable bonds is 6. The molecule has 0 N–H and O–H groups in total. The molecule has 0 unspecified atom stereocenters. The van der Waals surface area contributed by atoms with E-state index in [1.807, 2.05) is 47.4 Å². The van der Waals surface area contributed by atoms with Crippen LogP contribution >= 0.6 is 0 Å². The number of hydrogen-bond acceptors (Lipinski definition) is 6. The van der Waals surface area contributed by atoms with Crippen LogP contribution < -0.4 is 9.64 Å². The van der Waals surface area contributed by atoms with Crippen molar-refractivity contribution in [1.29, 1.82) is 0 Å². The van der Waals surface area contributed by atoms with E-state index in [2.05, 4.69) is 28.1 Å². The van der Waals surface area contributed by atoms with Crippen LogP contribution in [0, 0.1) is 6.92 Å². The van der Waals surface area contributed by atoms with Crippen LogP contribution in [-0.2, 0) is 6.42 Å². The minimum atomic E-state index is 0.0564. The Morgan fingerprint density at radius 3 is 2.47 bits per heavy atom. The molecule has 1 fully saturated rings. The average Bonchev–Trinajstić information content (AvgIpc) is 3.15. The third kappa shape index (κ3) is 3.94. The zero-order valence-electron chi connectivity index (χ0n) is 17.8. The molecule has 3 heterocycles. The third-order valence-corrected chi connectivity index (χ3v) is 5.41. The maximum Gasteiger partial charge on any atom is 0.257 e. The van der Waals surface area contributed by atoms with Crippen LogP contribution in [0.4, 0.5) is 5.82 Å². The number of aromatic nitrogens is 4. The van der Waals surface area contributed by atoms with Crippen LogP contribution in [0.15, 0.2) is 30.3 Å². The predicted molar refractivity (Wildman–Crippen MR) is 115 cm³/mol. The molecule has 2 aromatic heterocycles. The van der Waals surface area contributed by atoms with Gasteiger partial charge in [0.2, 0.25) is 0 Å². The molecule has 8 heteroatoms. The van der Waals surface area contributed by atoms with Crippen molar-refractivity contribution in [2.75, 3.05) is 37.7 Å².